The molecule has 0 fully saturated rings. The Labute approximate surface area is 185 Å². The normalized spacial score (nSPS) is 13.0. The average Bonchev–Trinajstić information content (AvgIpc) is 2.72. The first kappa shape index (κ1) is 24.3. The molecule has 2 aromatic rings. The second kappa shape index (κ2) is 10.9. The summed E-state index contributed by atoms with van der Waals surface area (Å²) < 4.78 is 31.8. The Morgan fingerprint density at radius 2 is 1.61 bits per heavy atom. The Hall–Kier alpha value is -2.95. The van der Waals surface area contributed by atoms with Gasteiger partial charge in [0.15, 0.2) is 6.10 Å². The standard InChI is InChI=1S/C20H22ClN3O6S/c1-13(24-31(28,29)17-10-8-16(21)9-11-17)19(26)30-14(2)18(25)23-20(27)22-12-15-6-4-3-5-7-15/h3-11,13-14,24H,12H2,1-2H3,(H2,22,23,25,27)/t13-,14?/m0/s1. The number of rotatable bonds is 8. The van der Waals surface area contributed by atoms with E-state index in [9.17, 15) is 22.8 Å². The van der Waals surface area contributed by atoms with Crippen molar-refractivity contribution in [1.82, 2.24) is 15.4 Å². The number of ether oxygens (including phenoxy) is 1. The van der Waals surface area contributed by atoms with Crippen molar-refractivity contribution >= 4 is 39.5 Å². The lowest BCUT2D eigenvalue weighted by Crippen LogP contribution is -2.46. The zero-order chi connectivity index (χ0) is 23.0. The van der Waals surface area contributed by atoms with Crippen molar-refractivity contribution in [3.63, 3.8) is 0 Å². The molecule has 0 spiro atoms. The topological polar surface area (TPSA) is 131 Å². The number of amides is 3. The first-order valence-corrected chi connectivity index (χ1v) is 11.1. The van der Waals surface area contributed by atoms with Gasteiger partial charge in [-0.15, -0.1) is 0 Å². The first-order valence-electron chi connectivity index (χ1n) is 9.19. The van der Waals surface area contributed by atoms with Crippen LogP contribution in [0.2, 0.25) is 5.02 Å². The molecule has 0 heterocycles. The number of sulfonamides is 1. The van der Waals surface area contributed by atoms with Crippen molar-refractivity contribution in [2.75, 3.05) is 0 Å². The molecule has 3 amide bonds. The van der Waals surface area contributed by atoms with Gasteiger partial charge in [0, 0.05) is 11.6 Å². The summed E-state index contributed by atoms with van der Waals surface area (Å²) in [7, 11) is -4.00. The molecular weight excluding hydrogens is 446 g/mol. The molecule has 0 aromatic heterocycles. The molecular formula is C20H22ClN3O6S. The summed E-state index contributed by atoms with van der Waals surface area (Å²) in [6, 6.07) is 12.4. The third-order valence-corrected chi connectivity index (χ3v) is 5.81. The molecule has 0 aliphatic heterocycles. The van der Waals surface area contributed by atoms with Crippen molar-refractivity contribution in [2.24, 2.45) is 0 Å². The van der Waals surface area contributed by atoms with Crippen LogP contribution in [0.5, 0.6) is 0 Å². The van der Waals surface area contributed by atoms with Gasteiger partial charge in [-0.2, -0.15) is 4.72 Å². The van der Waals surface area contributed by atoms with Crippen LogP contribution in [-0.4, -0.2) is 38.5 Å². The van der Waals surface area contributed by atoms with Crippen molar-refractivity contribution in [1.29, 1.82) is 0 Å². The molecule has 0 saturated carbocycles. The zero-order valence-electron chi connectivity index (χ0n) is 16.8. The Morgan fingerprint density at radius 3 is 2.23 bits per heavy atom. The maximum absolute atomic E-state index is 12.3. The van der Waals surface area contributed by atoms with Gasteiger partial charge in [-0.25, -0.2) is 13.2 Å². The number of esters is 1. The Kier molecular flexibility index (Phi) is 8.55. The maximum atomic E-state index is 12.3. The Bertz CT molecular complexity index is 1030. The van der Waals surface area contributed by atoms with Crippen molar-refractivity contribution < 1.29 is 27.5 Å². The highest BCUT2D eigenvalue weighted by molar-refractivity contribution is 7.89. The molecule has 0 radical (unpaired) electrons. The van der Waals surface area contributed by atoms with Crippen molar-refractivity contribution in [3.8, 4) is 0 Å². The lowest BCUT2D eigenvalue weighted by molar-refractivity contribution is -0.155. The number of hydrogen-bond donors (Lipinski definition) is 3. The number of halogens is 1. The van der Waals surface area contributed by atoms with Gasteiger partial charge in [0.1, 0.15) is 6.04 Å². The SMILES string of the molecule is CC(OC(=O)[C@H](C)NS(=O)(=O)c1ccc(Cl)cc1)C(=O)NC(=O)NCc1ccccc1. The van der Waals surface area contributed by atoms with Gasteiger partial charge in [0.05, 0.1) is 4.90 Å². The van der Waals surface area contributed by atoms with E-state index >= 15 is 0 Å². The molecule has 31 heavy (non-hydrogen) atoms. The molecule has 0 saturated heterocycles. The summed E-state index contributed by atoms with van der Waals surface area (Å²) in [4.78, 5) is 36.0. The molecule has 3 N–H and O–H groups in total. The van der Waals surface area contributed by atoms with Crippen molar-refractivity contribution in [3.05, 3.63) is 65.2 Å². The summed E-state index contributed by atoms with van der Waals surface area (Å²) in [6.07, 6.45) is -1.32. The van der Waals surface area contributed by atoms with Gasteiger partial charge < -0.3 is 10.1 Å². The molecule has 9 nitrogen and oxygen atoms in total. The third-order valence-electron chi connectivity index (χ3n) is 4.00. The summed E-state index contributed by atoms with van der Waals surface area (Å²) in [5.74, 6) is -1.84. The summed E-state index contributed by atoms with van der Waals surface area (Å²) in [5, 5.41) is 4.92. The average molecular weight is 468 g/mol. The molecule has 0 aliphatic rings. The smallest absolute Gasteiger partial charge is 0.324 e. The number of carbonyl (C=O) groups is 3. The minimum Gasteiger partial charge on any atom is -0.451 e. The van der Waals surface area contributed by atoms with Crippen LogP contribution in [0.1, 0.15) is 19.4 Å². The highest BCUT2D eigenvalue weighted by Gasteiger charge is 2.27. The highest BCUT2D eigenvalue weighted by Crippen LogP contribution is 2.14. The fraction of sp³-hybridized carbons (Fsp3) is 0.250. The van der Waals surface area contributed by atoms with Crippen LogP contribution in [0.25, 0.3) is 0 Å². The molecule has 2 aromatic carbocycles. The Morgan fingerprint density at radius 1 is 1.00 bits per heavy atom. The molecule has 166 valence electrons. The minimum absolute atomic E-state index is 0.0857. The van der Waals surface area contributed by atoms with E-state index in [-0.39, 0.29) is 11.4 Å². The predicted molar refractivity (Wildman–Crippen MR) is 114 cm³/mol. The summed E-state index contributed by atoms with van der Waals surface area (Å²) in [6.45, 7) is 2.74. The van der Waals surface area contributed by atoms with Crippen LogP contribution < -0.4 is 15.4 Å². The lowest BCUT2D eigenvalue weighted by Gasteiger charge is -2.17. The van der Waals surface area contributed by atoms with Crippen LogP contribution in [0.4, 0.5) is 4.79 Å². The quantitative estimate of drug-likeness (QED) is 0.509. The largest absolute Gasteiger partial charge is 0.451 e. The van der Waals surface area contributed by atoms with E-state index in [1.54, 1.807) is 12.1 Å². The van der Waals surface area contributed by atoms with Crippen LogP contribution in [0.15, 0.2) is 59.5 Å². The molecule has 11 heteroatoms. The maximum Gasteiger partial charge on any atom is 0.324 e. The molecule has 0 bridgehead atoms. The van der Waals surface area contributed by atoms with Crippen LogP contribution in [0.3, 0.4) is 0 Å². The lowest BCUT2D eigenvalue weighted by atomic mass is 10.2. The first-order chi connectivity index (χ1) is 14.6. The number of carbonyl (C=O) groups excluding carboxylic acids is 3. The summed E-state index contributed by atoms with van der Waals surface area (Å²) in [5.41, 5.74) is 0.839. The number of hydrogen-bond acceptors (Lipinski definition) is 6. The van der Waals surface area contributed by atoms with Crippen LogP contribution >= 0.6 is 11.6 Å². The number of nitrogens with one attached hydrogen (secondary N) is 3. The molecule has 1 unspecified atom stereocenters. The number of urea groups is 1. The van der Waals surface area contributed by atoms with E-state index in [1.165, 1.54) is 38.1 Å². The van der Waals surface area contributed by atoms with Crippen molar-refractivity contribution in [2.45, 2.75) is 37.4 Å². The monoisotopic (exact) mass is 467 g/mol. The number of benzene rings is 2. The highest BCUT2D eigenvalue weighted by atomic mass is 35.5. The van der Waals surface area contributed by atoms with Gasteiger partial charge in [0.2, 0.25) is 10.0 Å². The Balaban J connectivity index is 1.83. The van der Waals surface area contributed by atoms with E-state index in [1.807, 2.05) is 18.2 Å². The predicted octanol–water partition coefficient (Wildman–Crippen LogP) is 1.96. The fourth-order valence-electron chi connectivity index (χ4n) is 2.33. The van der Waals surface area contributed by atoms with Crippen LogP contribution in [0, 0.1) is 0 Å². The molecule has 2 rings (SSSR count). The van der Waals surface area contributed by atoms with Gasteiger partial charge in [-0.05, 0) is 43.7 Å². The summed E-state index contributed by atoms with van der Waals surface area (Å²) >= 11 is 5.74. The number of imide groups is 1. The zero-order valence-corrected chi connectivity index (χ0v) is 18.4. The van der Waals surface area contributed by atoms with E-state index in [0.717, 1.165) is 5.56 Å². The third kappa shape index (κ3) is 7.67. The van der Waals surface area contributed by atoms with E-state index in [4.69, 9.17) is 16.3 Å². The second-order valence-corrected chi connectivity index (χ2v) is 8.68. The van der Waals surface area contributed by atoms with E-state index in [0.29, 0.717) is 5.02 Å². The molecule has 2 atom stereocenters. The van der Waals surface area contributed by atoms with Gasteiger partial charge in [0.25, 0.3) is 5.91 Å². The minimum atomic E-state index is -4.00. The molecule has 0 aliphatic carbocycles. The van der Waals surface area contributed by atoms with Crippen LogP contribution in [-0.2, 0) is 30.9 Å². The second-order valence-electron chi connectivity index (χ2n) is 6.53. The van der Waals surface area contributed by atoms with Gasteiger partial charge >= 0.3 is 12.0 Å². The fourth-order valence-corrected chi connectivity index (χ4v) is 3.65. The van der Waals surface area contributed by atoms with E-state index < -0.39 is 40.1 Å². The van der Waals surface area contributed by atoms with Gasteiger partial charge in [-0.1, -0.05) is 41.9 Å². The van der Waals surface area contributed by atoms with E-state index in [2.05, 4.69) is 15.4 Å². The van der Waals surface area contributed by atoms with Gasteiger partial charge in [-0.3, -0.25) is 14.9 Å².